The van der Waals surface area contributed by atoms with Crippen LogP contribution in [0.3, 0.4) is 0 Å². The van der Waals surface area contributed by atoms with E-state index < -0.39 is 0 Å². The van der Waals surface area contributed by atoms with Crippen molar-refractivity contribution >= 4 is 23.2 Å². The highest BCUT2D eigenvalue weighted by atomic mass is 35.5. The summed E-state index contributed by atoms with van der Waals surface area (Å²) < 4.78 is 2.32. The van der Waals surface area contributed by atoms with Crippen molar-refractivity contribution in [3.63, 3.8) is 0 Å². The van der Waals surface area contributed by atoms with Gasteiger partial charge in [-0.1, -0.05) is 17.7 Å². The van der Waals surface area contributed by atoms with Crippen LogP contribution in [0.2, 0.25) is 5.02 Å². The third-order valence-electron chi connectivity index (χ3n) is 6.36. The summed E-state index contributed by atoms with van der Waals surface area (Å²) in [6.07, 6.45) is 8.15. The molecule has 0 radical (unpaired) electrons. The Morgan fingerprint density at radius 2 is 1.97 bits per heavy atom. The zero-order valence-electron chi connectivity index (χ0n) is 18.0. The van der Waals surface area contributed by atoms with Crippen LogP contribution in [0.1, 0.15) is 61.8 Å². The molecule has 1 aliphatic carbocycles. The summed E-state index contributed by atoms with van der Waals surface area (Å²) >= 11 is 6.15. The number of hydrogen-bond acceptors (Lipinski definition) is 4. The van der Waals surface area contributed by atoms with Gasteiger partial charge < -0.3 is 14.8 Å². The van der Waals surface area contributed by atoms with Gasteiger partial charge in [0.1, 0.15) is 11.6 Å². The first-order valence-corrected chi connectivity index (χ1v) is 11.5. The topological polar surface area (TPSA) is 63.1 Å². The Labute approximate surface area is 184 Å². The van der Waals surface area contributed by atoms with Gasteiger partial charge in [-0.25, -0.2) is 0 Å². The highest BCUT2D eigenvalue weighted by Gasteiger charge is 2.30. The van der Waals surface area contributed by atoms with Crippen LogP contribution in [-0.4, -0.2) is 45.7 Å². The van der Waals surface area contributed by atoms with Crippen LogP contribution >= 0.6 is 11.6 Å². The summed E-state index contributed by atoms with van der Waals surface area (Å²) in [7, 11) is 2.22. The van der Waals surface area contributed by atoms with Crippen molar-refractivity contribution in [3.8, 4) is 0 Å². The van der Waals surface area contributed by atoms with E-state index in [1.165, 1.54) is 45.2 Å². The Morgan fingerprint density at radius 1 is 1.20 bits per heavy atom. The van der Waals surface area contributed by atoms with E-state index in [9.17, 15) is 4.79 Å². The van der Waals surface area contributed by atoms with Crippen LogP contribution in [0.15, 0.2) is 18.2 Å². The Bertz CT molecular complexity index is 892. The SMILES string of the molecule is Cc1c(Cl)cccc1NC(=O)CCc1nnc(CCC2CCCN(C)C2)n1C1CC1. The molecule has 1 aromatic carbocycles. The molecule has 1 saturated heterocycles. The second kappa shape index (κ2) is 9.48. The number of hydrogen-bond donors (Lipinski definition) is 1. The van der Waals surface area contributed by atoms with E-state index >= 15 is 0 Å². The third-order valence-corrected chi connectivity index (χ3v) is 6.77. The maximum absolute atomic E-state index is 12.5. The van der Waals surface area contributed by atoms with E-state index in [2.05, 4.69) is 32.0 Å². The van der Waals surface area contributed by atoms with Gasteiger partial charge in [-0.15, -0.1) is 10.2 Å². The van der Waals surface area contributed by atoms with E-state index in [0.717, 1.165) is 35.2 Å². The molecule has 0 spiro atoms. The molecule has 1 aliphatic heterocycles. The number of benzene rings is 1. The number of nitrogens with one attached hydrogen (secondary N) is 1. The Morgan fingerprint density at radius 3 is 2.70 bits per heavy atom. The van der Waals surface area contributed by atoms with Gasteiger partial charge >= 0.3 is 0 Å². The predicted octanol–water partition coefficient (Wildman–Crippen LogP) is 4.42. The van der Waals surface area contributed by atoms with Crippen molar-refractivity contribution in [1.82, 2.24) is 19.7 Å². The first-order valence-electron chi connectivity index (χ1n) is 11.2. The van der Waals surface area contributed by atoms with Gasteiger partial charge in [-0.2, -0.15) is 0 Å². The smallest absolute Gasteiger partial charge is 0.224 e. The predicted molar refractivity (Wildman–Crippen MR) is 120 cm³/mol. The minimum Gasteiger partial charge on any atom is -0.326 e. The lowest BCUT2D eigenvalue weighted by Gasteiger charge is -2.29. The molecule has 7 heteroatoms. The highest BCUT2D eigenvalue weighted by Crippen LogP contribution is 2.37. The van der Waals surface area contributed by atoms with Crippen molar-refractivity contribution in [2.45, 2.75) is 64.3 Å². The molecule has 1 amide bonds. The molecular weight excluding hydrogens is 398 g/mol. The number of halogens is 1. The lowest BCUT2D eigenvalue weighted by molar-refractivity contribution is -0.116. The zero-order valence-corrected chi connectivity index (χ0v) is 18.8. The number of carbonyl (C=O) groups is 1. The molecule has 2 fully saturated rings. The van der Waals surface area contributed by atoms with Crippen LogP contribution in [-0.2, 0) is 17.6 Å². The number of aromatic nitrogens is 3. The molecule has 6 nitrogen and oxygen atoms in total. The largest absolute Gasteiger partial charge is 0.326 e. The lowest BCUT2D eigenvalue weighted by atomic mass is 9.93. The van der Waals surface area contributed by atoms with Crippen LogP contribution in [0.25, 0.3) is 0 Å². The van der Waals surface area contributed by atoms with Gasteiger partial charge in [0, 0.05) is 42.6 Å². The summed E-state index contributed by atoms with van der Waals surface area (Å²) in [5.74, 6) is 2.79. The average molecular weight is 430 g/mol. The molecule has 4 rings (SSSR count). The summed E-state index contributed by atoms with van der Waals surface area (Å²) in [6.45, 7) is 4.32. The fraction of sp³-hybridized carbons (Fsp3) is 0.609. The number of anilines is 1. The fourth-order valence-electron chi connectivity index (χ4n) is 4.48. The van der Waals surface area contributed by atoms with Crippen molar-refractivity contribution in [1.29, 1.82) is 0 Å². The van der Waals surface area contributed by atoms with Crippen LogP contribution in [0.5, 0.6) is 0 Å². The fourth-order valence-corrected chi connectivity index (χ4v) is 4.65. The zero-order chi connectivity index (χ0) is 21.1. The molecule has 2 aromatic rings. The van der Waals surface area contributed by atoms with Crippen LogP contribution in [0.4, 0.5) is 5.69 Å². The number of carbonyl (C=O) groups excluding carboxylic acids is 1. The van der Waals surface area contributed by atoms with E-state index in [1.807, 2.05) is 25.1 Å². The molecule has 30 heavy (non-hydrogen) atoms. The van der Waals surface area contributed by atoms with E-state index in [-0.39, 0.29) is 5.91 Å². The summed E-state index contributed by atoms with van der Waals surface area (Å²) in [5.41, 5.74) is 1.67. The van der Waals surface area contributed by atoms with Gasteiger partial charge in [0.15, 0.2) is 0 Å². The Kier molecular flexibility index (Phi) is 6.74. The highest BCUT2D eigenvalue weighted by molar-refractivity contribution is 6.31. The monoisotopic (exact) mass is 429 g/mol. The normalized spacial score (nSPS) is 19.8. The van der Waals surface area contributed by atoms with Crippen molar-refractivity contribution in [2.24, 2.45) is 5.92 Å². The second-order valence-corrected chi connectivity index (χ2v) is 9.31. The lowest BCUT2D eigenvalue weighted by Crippen LogP contribution is -2.32. The summed E-state index contributed by atoms with van der Waals surface area (Å²) in [5, 5.41) is 12.6. The summed E-state index contributed by atoms with van der Waals surface area (Å²) in [6, 6.07) is 6.09. The Balaban J connectivity index is 1.35. The molecule has 162 valence electrons. The van der Waals surface area contributed by atoms with Crippen molar-refractivity contribution in [2.75, 3.05) is 25.5 Å². The molecular formula is C23H32ClN5O. The van der Waals surface area contributed by atoms with E-state index in [1.54, 1.807) is 0 Å². The molecule has 1 unspecified atom stereocenters. The minimum absolute atomic E-state index is 0.0162. The first-order chi connectivity index (χ1) is 14.5. The number of piperidine rings is 1. The van der Waals surface area contributed by atoms with E-state index in [4.69, 9.17) is 11.6 Å². The summed E-state index contributed by atoms with van der Waals surface area (Å²) in [4.78, 5) is 14.9. The van der Waals surface area contributed by atoms with Crippen LogP contribution in [0, 0.1) is 12.8 Å². The number of likely N-dealkylation sites (tertiary alicyclic amines) is 1. The van der Waals surface area contributed by atoms with Gasteiger partial charge in [0.2, 0.25) is 5.91 Å². The van der Waals surface area contributed by atoms with Crippen molar-refractivity contribution in [3.05, 3.63) is 40.4 Å². The van der Waals surface area contributed by atoms with E-state index in [0.29, 0.717) is 23.9 Å². The molecule has 1 atom stereocenters. The molecule has 0 bridgehead atoms. The van der Waals surface area contributed by atoms with Gasteiger partial charge in [-0.3, -0.25) is 4.79 Å². The first kappa shape index (κ1) is 21.3. The second-order valence-electron chi connectivity index (χ2n) is 8.90. The number of amides is 1. The van der Waals surface area contributed by atoms with Crippen LogP contribution < -0.4 is 5.32 Å². The number of rotatable bonds is 8. The minimum atomic E-state index is -0.0162. The van der Waals surface area contributed by atoms with Crippen molar-refractivity contribution < 1.29 is 4.79 Å². The average Bonchev–Trinajstić information content (AvgIpc) is 3.48. The molecule has 1 N–H and O–H groups in total. The molecule has 1 aromatic heterocycles. The number of aryl methyl sites for hydroxylation is 2. The quantitative estimate of drug-likeness (QED) is 0.674. The van der Waals surface area contributed by atoms with Gasteiger partial charge in [0.25, 0.3) is 0 Å². The maximum atomic E-state index is 12.5. The molecule has 2 aliphatic rings. The van der Waals surface area contributed by atoms with Gasteiger partial charge in [-0.05, 0) is 76.2 Å². The maximum Gasteiger partial charge on any atom is 0.224 e. The Hall–Kier alpha value is -1.92. The van der Waals surface area contributed by atoms with Gasteiger partial charge in [0.05, 0.1) is 0 Å². The molecule has 1 saturated carbocycles. The third kappa shape index (κ3) is 5.22. The standard InChI is InChI=1S/C23H32ClN5O/c1-16-19(24)6-3-7-20(16)25-23(30)13-12-22-27-26-21(29(22)18-9-10-18)11-8-17-5-4-14-28(2)15-17/h3,6-7,17-18H,4-5,8-15H2,1-2H3,(H,25,30). The molecule has 2 heterocycles. The number of nitrogens with zero attached hydrogens (tertiary/aromatic N) is 4.